The molecule has 2 aromatic carbocycles. The van der Waals surface area contributed by atoms with Crippen LogP contribution in [0, 0.1) is 0 Å². The third-order valence-corrected chi connectivity index (χ3v) is 3.54. The number of aromatic nitrogens is 1. The molecule has 0 aliphatic carbocycles. The van der Waals surface area contributed by atoms with Gasteiger partial charge >= 0.3 is 0 Å². The van der Waals surface area contributed by atoms with Crippen molar-refractivity contribution in [2.24, 2.45) is 0 Å². The van der Waals surface area contributed by atoms with Gasteiger partial charge in [-0.3, -0.25) is 0 Å². The van der Waals surface area contributed by atoms with Gasteiger partial charge in [0.05, 0.1) is 11.6 Å². The molecule has 0 bridgehead atoms. The lowest BCUT2D eigenvalue weighted by atomic mass is 10.1. The summed E-state index contributed by atoms with van der Waals surface area (Å²) in [5.41, 5.74) is 8.64. The zero-order valence-corrected chi connectivity index (χ0v) is 12.6. The first kappa shape index (κ1) is 14.4. The summed E-state index contributed by atoms with van der Waals surface area (Å²) >= 11 is 5.76. The first-order chi connectivity index (χ1) is 10.8. The number of nitrogens with zero attached hydrogens (tertiary/aromatic N) is 1. The molecule has 1 heterocycles. The van der Waals surface area contributed by atoms with E-state index in [0.717, 1.165) is 28.3 Å². The summed E-state index contributed by atoms with van der Waals surface area (Å²) in [6.45, 7) is 0. The third kappa shape index (κ3) is 3.21. The Hall–Kier alpha value is -2.52. The molecule has 0 fully saturated rings. The van der Waals surface area contributed by atoms with Gasteiger partial charge in [0.1, 0.15) is 17.3 Å². The monoisotopic (exact) mass is 310 g/mol. The maximum Gasteiger partial charge on any atom is 0.131 e. The number of nitrogens with two attached hydrogens (primary N) is 1. The Kier molecular flexibility index (Phi) is 4.26. The highest BCUT2D eigenvalue weighted by molar-refractivity contribution is 6.16. The number of nitrogen functional groups attached to an aromatic ring is 1. The molecule has 0 spiro atoms. The van der Waals surface area contributed by atoms with Crippen molar-refractivity contribution in [1.29, 1.82) is 0 Å². The zero-order chi connectivity index (χ0) is 15.4. The van der Waals surface area contributed by atoms with Crippen molar-refractivity contribution in [3.63, 3.8) is 0 Å². The van der Waals surface area contributed by atoms with Gasteiger partial charge in [-0.15, -0.1) is 11.6 Å². The topological polar surface area (TPSA) is 48.1 Å². The van der Waals surface area contributed by atoms with Gasteiger partial charge in [-0.05, 0) is 42.0 Å². The fourth-order valence-electron chi connectivity index (χ4n) is 2.16. The first-order valence-corrected chi connectivity index (χ1v) is 7.44. The Morgan fingerprint density at radius 1 is 0.864 bits per heavy atom. The van der Waals surface area contributed by atoms with E-state index >= 15 is 0 Å². The van der Waals surface area contributed by atoms with Crippen molar-refractivity contribution in [3.8, 4) is 22.6 Å². The second kappa shape index (κ2) is 6.50. The molecule has 0 amide bonds. The molecule has 0 aliphatic heterocycles. The van der Waals surface area contributed by atoms with E-state index in [-0.39, 0.29) is 0 Å². The Morgan fingerprint density at radius 3 is 2.18 bits per heavy atom. The Labute approximate surface area is 134 Å². The Balaban J connectivity index is 1.82. The van der Waals surface area contributed by atoms with E-state index < -0.39 is 0 Å². The van der Waals surface area contributed by atoms with Crippen LogP contribution >= 0.6 is 11.6 Å². The standard InChI is InChI=1S/C18H15ClN2O/c19-12-14-8-11-17(18(20)21-14)13-6-9-16(10-7-13)22-15-4-2-1-3-5-15/h1-11H,12H2,(H2,20,21). The van der Waals surface area contributed by atoms with Gasteiger partial charge < -0.3 is 10.5 Å². The summed E-state index contributed by atoms with van der Waals surface area (Å²) in [5.74, 6) is 2.42. The van der Waals surface area contributed by atoms with E-state index in [1.54, 1.807) is 0 Å². The van der Waals surface area contributed by atoms with Crippen molar-refractivity contribution < 1.29 is 4.74 Å². The highest BCUT2D eigenvalue weighted by atomic mass is 35.5. The molecule has 1 aromatic heterocycles. The molecule has 2 N–H and O–H groups in total. The van der Waals surface area contributed by atoms with Crippen molar-refractivity contribution >= 4 is 17.4 Å². The van der Waals surface area contributed by atoms with Crippen LogP contribution in [0.5, 0.6) is 11.5 Å². The summed E-state index contributed by atoms with van der Waals surface area (Å²) < 4.78 is 5.77. The van der Waals surface area contributed by atoms with E-state index in [4.69, 9.17) is 22.1 Å². The maximum atomic E-state index is 5.99. The molecule has 0 saturated carbocycles. The predicted molar refractivity (Wildman–Crippen MR) is 90.2 cm³/mol. The molecule has 22 heavy (non-hydrogen) atoms. The fraction of sp³-hybridized carbons (Fsp3) is 0.0556. The van der Waals surface area contributed by atoms with Crippen LogP contribution in [0.3, 0.4) is 0 Å². The van der Waals surface area contributed by atoms with Crippen LogP contribution in [-0.4, -0.2) is 4.98 Å². The Bertz CT molecular complexity index is 758. The maximum absolute atomic E-state index is 5.99. The normalized spacial score (nSPS) is 10.4. The van der Waals surface area contributed by atoms with E-state index in [1.165, 1.54) is 0 Å². The van der Waals surface area contributed by atoms with Gasteiger partial charge in [0, 0.05) is 5.56 Å². The van der Waals surface area contributed by atoms with Gasteiger partial charge in [0.25, 0.3) is 0 Å². The van der Waals surface area contributed by atoms with Crippen LogP contribution in [0.15, 0.2) is 66.7 Å². The third-order valence-electron chi connectivity index (χ3n) is 3.26. The lowest BCUT2D eigenvalue weighted by Gasteiger charge is -2.09. The van der Waals surface area contributed by atoms with Gasteiger partial charge in [0.15, 0.2) is 0 Å². The van der Waals surface area contributed by atoms with Crippen molar-refractivity contribution in [3.05, 3.63) is 72.4 Å². The summed E-state index contributed by atoms with van der Waals surface area (Å²) in [7, 11) is 0. The molecule has 0 aliphatic rings. The molecule has 3 aromatic rings. The highest BCUT2D eigenvalue weighted by Crippen LogP contribution is 2.28. The predicted octanol–water partition coefficient (Wildman–Crippen LogP) is 4.86. The average Bonchev–Trinajstić information content (AvgIpc) is 2.56. The lowest BCUT2D eigenvalue weighted by Crippen LogP contribution is -1.97. The number of hydrogen-bond acceptors (Lipinski definition) is 3. The molecule has 4 heteroatoms. The molecule has 3 nitrogen and oxygen atoms in total. The number of benzene rings is 2. The number of anilines is 1. The lowest BCUT2D eigenvalue weighted by molar-refractivity contribution is 0.483. The Morgan fingerprint density at radius 2 is 1.55 bits per heavy atom. The van der Waals surface area contributed by atoms with Gasteiger partial charge in [-0.1, -0.05) is 30.3 Å². The summed E-state index contributed by atoms with van der Waals surface area (Å²) in [4.78, 5) is 4.27. The van der Waals surface area contributed by atoms with E-state index in [9.17, 15) is 0 Å². The van der Waals surface area contributed by atoms with Gasteiger partial charge in [-0.25, -0.2) is 4.98 Å². The van der Waals surface area contributed by atoms with E-state index in [0.29, 0.717) is 11.7 Å². The fourth-order valence-corrected chi connectivity index (χ4v) is 2.31. The molecule has 110 valence electrons. The van der Waals surface area contributed by atoms with Crippen LogP contribution in [0.1, 0.15) is 5.69 Å². The summed E-state index contributed by atoms with van der Waals surface area (Å²) in [6, 6.07) is 21.2. The second-order valence-corrected chi connectivity index (χ2v) is 5.08. The summed E-state index contributed by atoms with van der Waals surface area (Å²) in [6.07, 6.45) is 0. The van der Waals surface area contributed by atoms with E-state index in [1.807, 2.05) is 66.7 Å². The quantitative estimate of drug-likeness (QED) is 0.700. The first-order valence-electron chi connectivity index (χ1n) is 6.91. The van der Waals surface area contributed by atoms with Crippen molar-refractivity contribution in [1.82, 2.24) is 4.98 Å². The molecular weight excluding hydrogens is 296 g/mol. The number of para-hydroxylation sites is 1. The van der Waals surface area contributed by atoms with Crippen LogP contribution < -0.4 is 10.5 Å². The molecule has 3 rings (SSSR count). The van der Waals surface area contributed by atoms with Crippen LogP contribution in [0.25, 0.3) is 11.1 Å². The highest BCUT2D eigenvalue weighted by Gasteiger charge is 2.06. The number of ether oxygens (including phenoxy) is 1. The number of hydrogen-bond donors (Lipinski definition) is 1. The second-order valence-electron chi connectivity index (χ2n) is 4.81. The van der Waals surface area contributed by atoms with Gasteiger partial charge in [0.2, 0.25) is 0 Å². The minimum absolute atomic E-state index is 0.355. The number of alkyl halides is 1. The zero-order valence-electron chi connectivity index (χ0n) is 11.9. The van der Waals surface area contributed by atoms with Gasteiger partial charge in [-0.2, -0.15) is 0 Å². The number of rotatable bonds is 4. The molecule has 0 atom stereocenters. The minimum atomic E-state index is 0.355. The largest absolute Gasteiger partial charge is 0.457 e. The number of pyridine rings is 1. The number of halogens is 1. The molecule has 0 radical (unpaired) electrons. The van der Waals surface area contributed by atoms with Crippen LogP contribution in [0.4, 0.5) is 5.82 Å². The van der Waals surface area contributed by atoms with Crippen molar-refractivity contribution in [2.75, 3.05) is 5.73 Å². The molecule has 0 unspecified atom stereocenters. The van der Waals surface area contributed by atoms with E-state index in [2.05, 4.69) is 4.98 Å². The molecule has 0 saturated heterocycles. The smallest absolute Gasteiger partial charge is 0.131 e. The van der Waals surface area contributed by atoms with Crippen LogP contribution in [-0.2, 0) is 5.88 Å². The molecular formula is C18H15ClN2O. The summed E-state index contributed by atoms with van der Waals surface area (Å²) in [5, 5.41) is 0. The van der Waals surface area contributed by atoms with Crippen molar-refractivity contribution in [2.45, 2.75) is 5.88 Å². The SMILES string of the molecule is Nc1nc(CCl)ccc1-c1ccc(Oc2ccccc2)cc1. The average molecular weight is 311 g/mol. The van der Waals surface area contributed by atoms with Crippen LogP contribution in [0.2, 0.25) is 0 Å². The minimum Gasteiger partial charge on any atom is -0.457 e.